The maximum atomic E-state index is 10.3. The van der Waals surface area contributed by atoms with E-state index in [9.17, 15) is 10.4 Å². The highest BCUT2D eigenvalue weighted by atomic mass is 32.2. The van der Waals surface area contributed by atoms with E-state index in [1.807, 2.05) is 24.3 Å². The van der Waals surface area contributed by atoms with E-state index in [1.54, 1.807) is 27.4 Å². The number of nitrogens with one attached hydrogen (secondary N) is 1. The van der Waals surface area contributed by atoms with Gasteiger partial charge in [-0.15, -0.1) is 0 Å². The summed E-state index contributed by atoms with van der Waals surface area (Å²) in [6, 6.07) is 11.7. The van der Waals surface area contributed by atoms with E-state index in [0.29, 0.717) is 22.8 Å². The summed E-state index contributed by atoms with van der Waals surface area (Å²) in [7, 11) is 4.75. The molecule has 0 bridgehead atoms. The van der Waals surface area contributed by atoms with Crippen molar-refractivity contribution >= 4 is 17.4 Å². The molecule has 2 N–H and O–H groups in total. The smallest absolute Gasteiger partial charge is 0.203 e. The highest BCUT2D eigenvalue weighted by Gasteiger charge is 2.23. The molecule has 154 valence electrons. The van der Waals surface area contributed by atoms with Gasteiger partial charge in [0.05, 0.1) is 44.7 Å². The number of nitriles is 1. The SMILES string of the molecule is COc1cc(Sc2ccc(C#N)c(NC3CCCCC3O)c2)cc(OC)c1OC. The summed E-state index contributed by atoms with van der Waals surface area (Å²) in [6.07, 6.45) is 3.43. The predicted molar refractivity (Wildman–Crippen MR) is 113 cm³/mol. The van der Waals surface area contributed by atoms with Gasteiger partial charge in [0, 0.05) is 9.79 Å². The number of nitrogens with zero attached hydrogens (tertiary/aromatic N) is 1. The summed E-state index contributed by atoms with van der Waals surface area (Å²) < 4.78 is 16.2. The average Bonchev–Trinajstić information content (AvgIpc) is 2.74. The van der Waals surface area contributed by atoms with Crippen molar-refractivity contribution in [3.8, 4) is 23.3 Å². The molecule has 0 radical (unpaired) electrons. The number of hydrogen-bond donors (Lipinski definition) is 2. The van der Waals surface area contributed by atoms with Crippen LogP contribution in [0, 0.1) is 11.3 Å². The van der Waals surface area contributed by atoms with Gasteiger partial charge in [0.1, 0.15) is 6.07 Å². The highest BCUT2D eigenvalue weighted by molar-refractivity contribution is 7.99. The zero-order chi connectivity index (χ0) is 20.8. The van der Waals surface area contributed by atoms with Gasteiger partial charge >= 0.3 is 0 Å². The Morgan fingerprint density at radius 3 is 2.28 bits per heavy atom. The highest BCUT2D eigenvalue weighted by Crippen LogP contribution is 2.43. The monoisotopic (exact) mass is 414 g/mol. The van der Waals surface area contributed by atoms with Crippen molar-refractivity contribution in [2.45, 2.75) is 47.6 Å². The molecule has 6 nitrogen and oxygen atoms in total. The first-order chi connectivity index (χ1) is 14.1. The Balaban J connectivity index is 1.87. The second-order valence-corrected chi connectivity index (χ2v) is 8.03. The van der Waals surface area contributed by atoms with E-state index >= 15 is 0 Å². The fourth-order valence-corrected chi connectivity index (χ4v) is 4.45. The lowest BCUT2D eigenvalue weighted by Gasteiger charge is -2.29. The number of benzene rings is 2. The molecule has 2 aromatic carbocycles. The van der Waals surface area contributed by atoms with Crippen molar-refractivity contribution in [1.82, 2.24) is 0 Å². The van der Waals surface area contributed by atoms with E-state index in [0.717, 1.165) is 41.2 Å². The van der Waals surface area contributed by atoms with Crippen LogP contribution in [0.3, 0.4) is 0 Å². The van der Waals surface area contributed by atoms with Crippen molar-refractivity contribution in [2.24, 2.45) is 0 Å². The molecule has 0 amide bonds. The molecule has 2 aromatic rings. The van der Waals surface area contributed by atoms with E-state index in [2.05, 4.69) is 11.4 Å². The summed E-state index contributed by atoms with van der Waals surface area (Å²) >= 11 is 1.53. The molecule has 0 spiro atoms. The number of anilines is 1. The van der Waals surface area contributed by atoms with Gasteiger partial charge in [0.2, 0.25) is 5.75 Å². The Kier molecular flexibility index (Phi) is 7.13. The van der Waals surface area contributed by atoms with Crippen LogP contribution < -0.4 is 19.5 Å². The molecule has 3 rings (SSSR count). The molecule has 0 heterocycles. The van der Waals surface area contributed by atoms with E-state index in [1.165, 1.54) is 11.8 Å². The lowest BCUT2D eigenvalue weighted by molar-refractivity contribution is 0.116. The minimum absolute atomic E-state index is 0.0303. The third-order valence-electron chi connectivity index (χ3n) is 5.06. The summed E-state index contributed by atoms with van der Waals surface area (Å²) in [4.78, 5) is 1.89. The molecule has 1 saturated carbocycles. The Morgan fingerprint density at radius 1 is 1.00 bits per heavy atom. The number of ether oxygens (including phenoxy) is 3. The van der Waals surface area contributed by atoms with Gasteiger partial charge in [-0.1, -0.05) is 24.6 Å². The van der Waals surface area contributed by atoms with Gasteiger partial charge in [0.25, 0.3) is 0 Å². The molecule has 1 fully saturated rings. The maximum Gasteiger partial charge on any atom is 0.203 e. The Hall–Kier alpha value is -2.56. The first-order valence-corrected chi connectivity index (χ1v) is 10.4. The van der Waals surface area contributed by atoms with Crippen LogP contribution in [0.25, 0.3) is 0 Å². The van der Waals surface area contributed by atoms with Crippen LogP contribution in [0.5, 0.6) is 17.2 Å². The molecule has 0 aromatic heterocycles. The molecule has 1 aliphatic carbocycles. The Morgan fingerprint density at radius 2 is 1.69 bits per heavy atom. The second kappa shape index (κ2) is 9.77. The van der Waals surface area contributed by atoms with Crippen LogP contribution in [-0.4, -0.2) is 38.6 Å². The minimum Gasteiger partial charge on any atom is -0.493 e. The van der Waals surface area contributed by atoms with Gasteiger partial charge < -0.3 is 24.6 Å². The molecule has 7 heteroatoms. The first kappa shape index (κ1) is 21.2. The maximum absolute atomic E-state index is 10.3. The van der Waals surface area contributed by atoms with Crippen LogP contribution in [0.4, 0.5) is 5.69 Å². The third kappa shape index (κ3) is 4.89. The molecule has 2 unspecified atom stereocenters. The Bertz CT molecular complexity index is 872. The van der Waals surface area contributed by atoms with Crippen molar-refractivity contribution in [1.29, 1.82) is 5.26 Å². The summed E-state index contributed by atoms with van der Waals surface area (Å²) in [5.41, 5.74) is 1.31. The molecular weight excluding hydrogens is 388 g/mol. The zero-order valence-electron chi connectivity index (χ0n) is 16.9. The van der Waals surface area contributed by atoms with Crippen LogP contribution in [0.15, 0.2) is 40.1 Å². The van der Waals surface area contributed by atoms with Crippen LogP contribution in [-0.2, 0) is 0 Å². The van der Waals surface area contributed by atoms with Crippen molar-refractivity contribution in [3.63, 3.8) is 0 Å². The zero-order valence-corrected chi connectivity index (χ0v) is 17.7. The third-order valence-corrected chi connectivity index (χ3v) is 6.02. The number of aliphatic hydroxyl groups is 1. The average molecular weight is 415 g/mol. The number of methoxy groups -OCH3 is 3. The molecular formula is C22H26N2O4S. The molecule has 0 saturated heterocycles. The fraction of sp³-hybridized carbons (Fsp3) is 0.409. The van der Waals surface area contributed by atoms with Crippen LogP contribution in [0.2, 0.25) is 0 Å². The van der Waals surface area contributed by atoms with Crippen LogP contribution in [0.1, 0.15) is 31.2 Å². The number of hydrogen-bond acceptors (Lipinski definition) is 7. The number of rotatable bonds is 7. The molecule has 2 atom stereocenters. The van der Waals surface area contributed by atoms with Gasteiger partial charge in [-0.05, 0) is 43.2 Å². The fourth-order valence-electron chi connectivity index (χ4n) is 3.54. The second-order valence-electron chi connectivity index (χ2n) is 6.88. The van der Waals surface area contributed by atoms with Gasteiger partial charge in [-0.3, -0.25) is 0 Å². The predicted octanol–water partition coefficient (Wildman–Crippen LogP) is 4.45. The van der Waals surface area contributed by atoms with Crippen LogP contribution >= 0.6 is 11.8 Å². The summed E-state index contributed by atoms with van der Waals surface area (Å²) in [5, 5.41) is 23.1. The topological polar surface area (TPSA) is 83.7 Å². The molecule has 29 heavy (non-hydrogen) atoms. The normalized spacial score (nSPS) is 18.6. The number of aliphatic hydroxyl groups excluding tert-OH is 1. The van der Waals surface area contributed by atoms with Crippen molar-refractivity contribution in [2.75, 3.05) is 26.6 Å². The summed E-state index contributed by atoms with van der Waals surface area (Å²) in [5.74, 6) is 1.73. The lowest BCUT2D eigenvalue weighted by Crippen LogP contribution is -2.36. The Labute approximate surface area is 175 Å². The quantitative estimate of drug-likeness (QED) is 0.692. The molecule has 1 aliphatic rings. The van der Waals surface area contributed by atoms with Crippen molar-refractivity contribution < 1.29 is 19.3 Å². The first-order valence-electron chi connectivity index (χ1n) is 9.56. The van der Waals surface area contributed by atoms with Crippen molar-refractivity contribution in [3.05, 3.63) is 35.9 Å². The molecule has 0 aliphatic heterocycles. The summed E-state index contributed by atoms with van der Waals surface area (Å²) in [6.45, 7) is 0. The van der Waals surface area contributed by atoms with Gasteiger partial charge in [0.15, 0.2) is 11.5 Å². The van der Waals surface area contributed by atoms with E-state index in [-0.39, 0.29) is 12.1 Å². The lowest BCUT2D eigenvalue weighted by atomic mass is 9.92. The minimum atomic E-state index is -0.387. The van der Waals surface area contributed by atoms with E-state index in [4.69, 9.17) is 14.2 Å². The standard InChI is InChI=1S/C22H26N2O4S/c1-26-20-11-16(12-21(27-2)22(20)28-3)29-15-9-8-14(13-23)18(10-15)24-17-6-4-5-7-19(17)25/h8-12,17,19,24-25H,4-7H2,1-3H3. The van der Waals surface area contributed by atoms with E-state index < -0.39 is 0 Å². The van der Waals surface area contributed by atoms with Gasteiger partial charge in [-0.25, -0.2) is 0 Å². The largest absolute Gasteiger partial charge is 0.493 e. The van der Waals surface area contributed by atoms with Gasteiger partial charge in [-0.2, -0.15) is 5.26 Å².